The van der Waals surface area contributed by atoms with Crippen LogP contribution < -0.4 is 11.2 Å². The molecule has 4 heterocycles. The molecule has 1 unspecified atom stereocenters. The molecular weight excluding hydrogens is 474 g/mol. The van der Waals surface area contributed by atoms with E-state index in [4.69, 9.17) is 15.5 Å². The van der Waals surface area contributed by atoms with E-state index in [9.17, 15) is 4.79 Å². The summed E-state index contributed by atoms with van der Waals surface area (Å²) in [4.78, 5) is 19.3. The number of amides is 1. The number of aromatic nitrogens is 3. The minimum atomic E-state index is -0.519. The van der Waals surface area contributed by atoms with Crippen LogP contribution in [0.25, 0.3) is 11.2 Å². The zero-order valence-electron chi connectivity index (χ0n) is 19.8. The summed E-state index contributed by atoms with van der Waals surface area (Å²) in [5, 5.41) is 6.36. The van der Waals surface area contributed by atoms with Crippen LogP contribution in [0.2, 0.25) is 0 Å². The standard InChI is InChI=1S/C20H28BrN7O2.C2H6/c1-20(2,3)30-19(29)27-7-5-6-12(11-27)16-15(21)17(22)28-18(25-16)14(9-24-28)13-8-23-26(4)10-13;1-2/h9-10,12,23H,5-8,11,22H2,1-4H3;1-2H3. The van der Waals surface area contributed by atoms with Crippen molar-refractivity contribution >= 4 is 39.1 Å². The van der Waals surface area contributed by atoms with Gasteiger partial charge in [0.25, 0.3) is 0 Å². The Morgan fingerprint density at radius 1 is 1.34 bits per heavy atom. The molecule has 1 saturated heterocycles. The maximum Gasteiger partial charge on any atom is 0.410 e. The van der Waals surface area contributed by atoms with Crippen LogP contribution in [-0.2, 0) is 4.74 Å². The number of nitrogens with one attached hydrogen (secondary N) is 1. The Morgan fingerprint density at radius 2 is 2.06 bits per heavy atom. The Hall–Kier alpha value is -2.33. The highest BCUT2D eigenvalue weighted by molar-refractivity contribution is 9.10. The van der Waals surface area contributed by atoms with Gasteiger partial charge in [0, 0.05) is 44.4 Å². The van der Waals surface area contributed by atoms with Crippen molar-refractivity contribution in [2.75, 3.05) is 32.4 Å². The maximum atomic E-state index is 12.6. The molecule has 0 saturated carbocycles. The quantitative estimate of drug-likeness (QED) is 0.632. The number of nitrogens with zero attached hydrogens (tertiary/aromatic N) is 5. The molecule has 4 rings (SSSR count). The topological polar surface area (TPSA) is 101 Å². The first-order valence-electron chi connectivity index (χ1n) is 11.1. The molecule has 2 aliphatic heterocycles. The fourth-order valence-electron chi connectivity index (χ4n) is 3.90. The molecule has 1 atom stereocenters. The van der Waals surface area contributed by atoms with Crippen LogP contribution in [0.1, 0.15) is 64.6 Å². The first-order chi connectivity index (χ1) is 15.1. The average Bonchev–Trinajstić information content (AvgIpc) is 3.37. The summed E-state index contributed by atoms with van der Waals surface area (Å²) in [5.74, 6) is 0.574. The number of nitrogen functional groups attached to an aromatic ring is 1. The fraction of sp³-hybridized carbons (Fsp3) is 0.591. The molecule has 3 N–H and O–H groups in total. The number of carbonyl (C=O) groups excluding carboxylic acids is 1. The largest absolute Gasteiger partial charge is 0.444 e. The number of carbonyl (C=O) groups is 1. The fourth-order valence-corrected chi connectivity index (χ4v) is 4.48. The Kier molecular flexibility index (Phi) is 7.34. The smallest absolute Gasteiger partial charge is 0.410 e. The van der Waals surface area contributed by atoms with Crippen LogP contribution in [0.3, 0.4) is 0 Å². The second kappa shape index (κ2) is 9.66. The number of nitrogens with two attached hydrogens (primary N) is 1. The van der Waals surface area contributed by atoms with E-state index in [0.717, 1.165) is 39.8 Å². The minimum Gasteiger partial charge on any atom is -0.444 e. The molecule has 10 heteroatoms. The normalized spacial score (nSPS) is 19.0. The van der Waals surface area contributed by atoms with Crippen molar-refractivity contribution in [3.05, 3.63) is 28.1 Å². The number of hydrogen-bond donors (Lipinski definition) is 2. The summed E-state index contributed by atoms with van der Waals surface area (Å²) < 4.78 is 7.96. The van der Waals surface area contributed by atoms with E-state index in [1.807, 2.05) is 52.9 Å². The van der Waals surface area contributed by atoms with Gasteiger partial charge in [-0.3, -0.25) is 0 Å². The van der Waals surface area contributed by atoms with E-state index < -0.39 is 5.60 Å². The molecular formula is C22H34BrN7O2. The molecule has 0 aliphatic carbocycles. The molecule has 9 nitrogen and oxygen atoms in total. The van der Waals surface area contributed by atoms with Gasteiger partial charge >= 0.3 is 6.09 Å². The van der Waals surface area contributed by atoms with Gasteiger partial charge in [-0.05, 0) is 55.1 Å². The molecule has 2 aromatic rings. The molecule has 32 heavy (non-hydrogen) atoms. The van der Waals surface area contributed by atoms with Gasteiger partial charge in [0.15, 0.2) is 5.65 Å². The Bertz CT molecular complexity index is 1010. The average molecular weight is 508 g/mol. The minimum absolute atomic E-state index is 0.0639. The Labute approximate surface area is 198 Å². The zero-order valence-corrected chi connectivity index (χ0v) is 21.4. The Balaban J connectivity index is 0.00000141. The number of rotatable bonds is 2. The molecule has 0 aromatic carbocycles. The summed E-state index contributed by atoms with van der Waals surface area (Å²) in [5.41, 5.74) is 12.8. The first kappa shape index (κ1) is 24.3. The number of hydrogen-bond acceptors (Lipinski definition) is 7. The highest BCUT2D eigenvalue weighted by atomic mass is 79.9. The molecule has 1 fully saturated rings. The van der Waals surface area contributed by atoms with Gasteiger partial charge in [0.2, 0.25) is 0 Å². The van der Waals surface area contributed by atoms with Crippen molar-refractivity contribution in [1.29, 1.82) is 0 Å². The molecule has 0 bridgehead atoms. The highest BCUT2D eigenvalue weighted by Gasteiger charge is 2.31. The van der Waals surface area contributed by atoms with E-state index in [-0.39, 0.29) is 12.0 Å². The number of piperidine rings is 1. The summed E-state index contributed by atoms with van der Waals surface area (Å²) in [6, 6.07) is 0. The van der Waals surface area contributed by atoms with E-state index in [1.165, 1.54) is 0 Å². The van der Waals surface area contributed by atoms with Gasteiger partial charge in [-0.2, -0.15) is 9.61 Å². The molecule has 2 aromatic heterocycles. The van der Waals surface area contributed by atoms with Gasteiger partial charge in [0.1, 0.15) is 11.4 Å². The van der Waals surface area contributed by atoms with Crippen molar-refractivity contribution < 1.29 is 9.53 Å². The lowest BCUT2D eigenvalue weighted by Crippen LogP contribution is -2.42. The number of fused-ring (bicyclic) bond motifs is 1. The van der Waals surface area contributed by atoms with Crippen molar-refractivity contribution in [2.24, 2.45) is 0 Å². The molecule has 176 valence electrons. The van der Waals surface area contributed by atoms with Gasteiger partial charge in [-0.1, -0.05) is 13.8 Å². The third-order valence-electron chi connectivity index (χ3n) is 5.32. The van der Waals surface area contributed by atoms with Crippen molar-refractivity contribution in [1.82, 2.24) is 29.9 Å². The monoisotopic (exact) mass is 507 g/mol. The second-order valence-corrected chi connectivity index (χ2v) is 9.65. The van der Waals surface area contributed by atoms with Gasteiger partial charge in [-0.25, -0.2) is 15.2 Å². The molecule has 0 spiro atoms. The SMILES string of the molecule is CC.CN1C=C(c2cnn3c(N)c(Br)c(C4CCCN(C(=O)OC(C)(C)C)C4)nc23)CN1. The third-order valence-corrected chi connectivity index (χ3v) is 6.13. The van der Waals surface area contributed by atoms with Crippen LogP contribution >= 0.6 is 15.9 Å². The highest BCUT2D eigenvalue weighted by Crippen LogP contribution is 2.36. The maximum absolute atomic E-state index is 12.6. The van der Waals surface area contributed by atoms with Crippen LogP contribution in [0.15, 0.2) is 16.9 Å². The second-order valence-electron chi connectivity index (χ2n) is 8.86. The predicted octanol–water partition coefficient (Wildman–Crippen LogP) is 4.01. The van der Waals surface area contributed by atoms with Crippen LogP contribution in [-0.4, -0.2) is 62.9 Å². The lowest BCUT2D eigenvalue weighted by molar-refractivity contribution is 0.0197. The molecule has 2 aliphatic rings. The van der Waals surface area contributed by atoms with Gasteiger partial charge < -0.3 is 20.4 Å². The third kappa shape index (κ3) is 5.01. The molecule has 1 amide bonds. The van der Waals surface area contributed by atoms with Crippen molar-refractivity contribution in [3.8, 4) is 0 Å². The van der Waals surface area contributed by atoms with Crippen LogP contribution in [0.4, 0.5) is 10.6 Å². The summed E-state index contributed by atoms with van der Waals surface area (Å²) in [7, 11) is 1.95. The number of hydrazine groups is 1. The van der Waals surface area contributed by atoms with Gasteiger partial charge in [-0.15, -0.1) is 0 Å². The summed E-state index contributed by atoms with van der Waals surface area (Å²) in [6.45, 7) is 11.6. The molecule has 0 radical (unpaired) electrons. The Morgan fingerprint density at radius 3 is 2.69 bits per heavy atom. The van der Waals surface area contributed by atoms with Crippen molar-refractivity contribution in [3.63, 3.8) is 0 Å². The first-order valence-corrected chi connectivity index (χ1v) is 11.9. The van der Waals surface area contributed by atoms with Crippen LogP contribution in [0, 0.1) is 0 Å². The number of ether oxygens (including phenoxy) is 1. The zero-order chi connectivity index (χ0) is 23.6. The predicted molar refractivity (Wildman–Crippen MR) is 130 cm³/mol. The van der Waals surface area contributed by atoms with E-state index in [0.29, 0.717) is 25.5 Å². The number of likely N-dealkylation sites (tertiary alicyclic amines) is 1. The van der Waals surface area contributed by atoms with E-state index in [2.05, 4.69) is 26.5 Å². The van der Waals surface area contributed by atoms with Gasteiger partial charge in [0.05, 0.1) is 16.4 Å². The van der Waals surface area contributed by atoms with Crippen molar-refractivity contribution in [2.45, 2.75) is 59.0 Å². The number of anilines is 1. The lowest BCUT2D eigenvalue weighted by atomic mass is 9.94. The summed E-state index contributed by atoms with van der Waals surface area (Å²) in [6.07, 6.45) is 5.36. The lowest BCUT2D eigenvalue weighted by Gasteiger charge is -2.34. The van der Waals surface area contributed by atoms with Crippen LogP contribution in [0.5, 0.6) is 0 Å². The van der Waals surface area contributed by atoms with E-state index in [1.54, 1.807) is 15.6 Å². The van der Waals surface area contributed by atoms with E-state index >= 15 is 0 Å². The number of halogens is 1. The summed E-state index contributed by atoms with van der Waals surface area (Å²) >= 11 is 3.63.